The molecule has 82 valence electrons. The molecule has 0 radical (unpaired) electrons. The number of hydrogen-bond donors (Lipinski definition) is 0. The van der Waals surface area contributed by atoms with E-state index in [0.29, 0.717) is 11.0 Å². The third kappa shape index (κ3) is 1.56. The number of aryl methyl sites for hydroxylation is 2. The van der Waals surface area contributed by atoms with Crippen molar-refractivity contribution in [1.29, 1.82) is 0 Å². The zero-order valence-corrected chi connectivity index (χ0v) is 8.81. The highest BCUT2D eigenvalue weighted by Crippen LogP contribution is 2.21. The number of rotatable bonds is 1. The standard InChI is InChI=1S/C11H9NO4/c1-6-3-7(2)10-8(4-6)5-9(12(14)15)11(13)16-10/h3-5H,1-2H3. The first-order valence-corrected chi connectivity index (χ1v) is 4.68. The third-order valence-electron chi connectivity index (χ3n) is 2.34. The molecule has 5 nitrogen and oxygen atoms in total. The molecule has 0 saturated carbocycles. The molecule has 1 aromatic heterocycles. The summed E-state index contributed by atoms with van der Waals surface area (Å²) in [5.41, 5.74) is 0.721. The Morgan fingerprint density at radius 3 is 2.56 bits per heavy atom. The second-order valence-electron chi connectivity index (χ2n) is 3.68. The van der Waals surface area contributed by atoms with Gasteiger partial charge < -0.3 is 4.42 Å². The van der Waals surface area contributed by atoms with E-state index in [0.717, 1.165) is 11.1 Å². The minimum absolute atomic E-state index is 0.404. The van der Waals surface area contributed by atoms with E-state index in [1.165, 1.54) is 6.07 Å². The molecule has 0 unspecified atom stereocenters. The Kier molecular flexibility index (Phi) is 2.23. The van der Waals surface area contributed by atoms with Crippen LogP contribution in [0.25, 0.3) is 11.0 Å². The van der Waals surface area contributed by atoms with Crippen molar-refractivity contribution in [2.75, 3.05) is 0 Å². The molecule has 0 amide bonds. The Bertz CT molecular complexity index is 642. The molecule has 1 aromatic carbocycles. The number of nitrogens with zero attached hydrogens (tertiary/aromatic N) is 1. The zero-order valence-electron chi connectivity index (χ0n) is 8.81. The number of fused-ring (bicyclic) bond motifs is 1. The lowest BCUT2D eigenvalue weighted by Crippen LogP contribution is -2.06. The van der Waals surface area contributed by atoms with E-state index in [-0.39, 0.29) is 0 Å². The van der Waals surface area contributed by atoms with Gasteiger partial charge in [0.15, 0.2) is 0 Å². The molecule has 0 fully saturated rings. The predicted molar refractivity (Wildman–Crippen MR) is 58.6 cm³/mol. The van der Waals surface area contributed by atoms with Gasteiger partial charge in [-0.3, -0.25) is 10.1 Å². The number of hydrogen-bond acceptors (Lipinski definition) is 4. The highest BCUT2D eigenvalue weighted by molar-refractivity contribution is 5.82. The Morgan fingerprint density at radius 2 is 1.94 bits per heavy atom. The molecule has 0 spiro atoms. The molecule has 0 atom stereocenters. The topological polar surface area (TPSA) is 73.3 Å². The van der Waals surface area contributed by atoms with Crippen molar-refractivity contribution in [2.45, 2.75) is 13.8 Å². The molecule has 2 rings (SSSR count). The van der Waals surface area contributed by atoms with Crippen LogP contribution >= 0.6 is 0 Å². The summed E-state index contributed by atoms with van der Waals surface area (Å²) in [6.07, 6.45) is 0. The fourth-order valence-electron chi connectivity index (χ4n) is 1.71. The second-order valence-corrected chi connectivity index (χ2v) is 3.68. The van der Waals surface area contributed by atoms with Gasteiger partial charge in [-0.25, -0.2) is 4.79 Å². The minimum Gasteiger partial charge on any atom is -0.417 e. The van der Waals surface area contributed by atoms with Gasteiger partial charge in [-0.05, 0) is 31.0 Å². The van der Waals surface area contributed by atoms with Gasteiger partial charge in [0.1, 0.15) is 5.58 Å². The summed E-state index contributed by atoms with van der Waals surface area (Å²) in [6.45, 7) is 3.67. The molecular formula is C11H9NO4. The lowest BCUT2D eigenvalue weighted by Gasteiger charge is -2.01. The molecule has 0 bridgehead atoms. The van der Waals surface area contributed by atoms with E-state index in [9.17, 15) is 14.9 Å². The van der Waals surface area contributed by atoms with E-state index in [2.05, 4.69) is 0 Å². The van der Waals surface area contributed by atoms with Gasteiger partial charge in [-0.15, -0.1) is 0 Å². The summed E-state index contributed by atoms with van der Waals surface area (Å²) < 4.78 is 4.94. The van der Waals surface area contributed by atoms with E-state index >= 15 is 0 Å². The average Bonchev–Trinajstić information content (AvgIpc) is 2.18. The van der Waals surface area contributed by atoms with Crippen molar-refractivity contribution in [1.82, 2.24) is 0 Å². The van der Waals surface area contributed by atoms with Crippen molar-refractivity contribution < 1.29 is 9.34 Å². The first-order valence-electron chi connectivity index (χ1n) is 4.68. The van der Waals surface area contributed by atoms with Crippen LogP contribution in [0.5, 0.6) is 0 Å². The molecule has 16 heavy (non-hydrogen) atoms. The van der Waals surface area contributed by atoms with Crippen LogP contribution in [0.4, 0.5) is 5.69 Å². The molecule has 0 aliphatic carbocycles. The molecule has 0 saturated heterocycles. The van der Waals surface area contributed by atoms with E-state index in [1.54, 1.807) is 13.0 Å². The normalized spacial score (nSPS) is 10.6. The highest BCUT2D eigenvalue weighted by atomic mass is 16.6. The fourth-order valence-corrected chi connectivity index (χ4v) is 1.71. The average molecular weight is 219 g/mol. The predicted octanol–water partition coefficient (Wildman–Crippen LogP) is 2.32. The maximum absolute atomic E-state index is 11.3. The first-order chi connectivity index (χ1) is 7.49. The Labute approximate surface area is 90.5 Å². The third-order valence-corrected chi connectivity index (χ3v) is 2.34. The lowest BCUT2D eigenvalue weighted by atomic mass is 10.1. The van der Waals surface area contributed by atoms with Gasteiger partial charge in [0.2, 0.25) is 0 Å². The van der Waals surface area contributed by atoms with Gasteiger partial charge in [0.05, 0.1) is 4.92 Å². The van der Waals surface area contributed by atoms with Gasteiger partial charge >= 0.3 is 11.3 Å². The van der Waals surface area contributed by atoms with Gasteiger partial charge in [-0.1, -0.05) is 6.07 Å². The lowest BCUT2D eigenvalue weighted by molar-refractivity contribution is -0.387. The van der Waals surface area contributed by atoms with Crippen LogP contribution < -0.4 is 5.63 Å². The Morgan fingerprint density at radius 1 is 1.25 bits per heavy atom. The molecule has 0 aliphatic rings. The van der Waals surface area contributed by atoms with Crippen LogP contribution in [0.2, 0.25) is 0 Å². The summed E-state index contributed by atoms with van der Waals surface area (Å²) in [5, 5.41) is 11.2. The summed E-state index contributed by atoms with van der Waals surface area (Å²) in [6, 6.07) is 4.86. The van der Waals surface area contributed by atoms with Crippen molar-refractivity contribution in [2.24, 2.45) is 0 Å². The monoisotopic (exact) mass is 219 g/mol. The fraction of sp³-hybridized carbons (Fsp3) is 0.182. The molecule has 0 aliphatic heterocycles. The maximum atomic E-state index is 11.3. The Balaban J connectivity index is 2.90. The van der Waals surface area contributed by atoms with Crippen molar-refractivity contribution >= 4 is 16.7 Å². The van der Waals surface area contributed by atoms with Crippen LogP contribution in [-0.4, -0.2) is 4.92 Å². The van der Waals surface area contributed by atoms with Crippen LogP contribution in [0.1, 0.15) is 11.1 Å². The van der Waals surface area contributed by atoms with Crippen LogP contribution in [0.15, 0.2) is 27.4 Å². The molecule has 5 heteroatoms. The number of nitro groups is 1. The Hall–Kier alpha value is -2.17. The van der Waals surface area contributed by atoms with Gasteiger partial charge in [0.25, 0.3) is 0 Å². The van der Waals surface area contributed by atoms with Gasteiger partial charge in [-0.2, -0.15) is 0 Å². The zero-order chi connectivity index (χ0) is 11.9. The quantitative estimate of drug-likeness (QED) is 0.419. The smallest absolute Gasteiger partial charge is 0.415 e. The maximum Gasteiger partial charge on any atom is 0.415 e. The van der Waals surface area contributed by atoms with Crippen molar-refractivity contribution in [3.8, 4) is 0 Å². The first kappa shape index (κ1) is 10.4. The van der Waals surface area contributed by atoms with Gasteiger partial charge in [0, 0.05) is 11.5 Å². The molecule has 2 aromatic rings. The largest absolute Gasteiger partial charge is 0.417 e. The number of benzene rings is 1. The van der Waals surface area contributed by atoms with Crippen molar-refractivity contribution in [3.05, 3.63) is 49.9 Å². The second kappa shape index (κ2) is 3.44. The van der Waals surface area contributed by atoms with E-state index < -0.39 is 16.2 Å². The molecular weight excluding hydrogens is 210 g/mol. The SMILES string of the molecule is Cc1cc(C)c2oc(=O)c([N+](=O)[O-])cc2c1. The highest BCUT2D eigenvalue weighted by Gasteiger charge is 2.16. The van der Waals surface area contributed by atoms with Crippen LogP contribution in [0, 0.1) is 24.0 Å². The summed E-state index contributed by atoms with van der Waals surface area (Å²) in [7, 11) is 0. The molecule has 1 heterocycles. The van der Waals surface area contributed by atoms with Crippen LogP contribution in [-0.2, 0) is 0 Å². The van der Waals surface area contributed by atoms with Crippen LogP contribution in [0.3, 0.4) is 0 Å². The summed E-state index contributed by atoms with van der Waals surface area (Å²) >= 11 is 0. The van der Waals surface area contributed by atoms with E-state index in [1.807, 2.05) is 13.0 Å². The molecule has 0 N–H and O–H groups in total. The van der Waals surface area contributed by atoms with E-state index in [4.69, 9.17) is 4.42 Å². The minimum atomic E-state index is -0.913. The van der Waals surface area contributed by atoms with Crippen molar-refractivity contribution in [3.63, 3.8) is 0 Å². The summed E-state index contributed by atoms with van der Waals surface area (Å²) in [4.78, 5) is 21.2. The summed E-state index contributed by atoms with van der Waals surface area (Å²) in [5.74, 6) is 0.